The van der Waals surface area contributed by atoms with Crippen LogP contribution in [0.2, 0.25) is 0 Å². The molecule has 1 aliphatic heterocycles. The Bertz CT molecular complexity index is 502. The number of hydrogen-bond donors (Lipinski definition) is 0. The van der Waals surface area contributed by atoms with Gasteiger partial charge in [0.15, 0.2) is 0 Å². The molecule has 0 aromatic carbocycles. The summed E-state index contributed by atoms with van der Waals surface area (Å²) in [6.45, 7) is 4.77. The number of nitrogens with zero attached hydrogens (tertiary/aromatic N) is 2. The first kappa shape index (κ1) is 16.5. The molecule has 1 aromatic heterocycles. The van der Waals surface area contributed by atoms with Crippen molar-refractivity contribution in [3.63, 3.8) is 0 Å². The van der Waals surface area contributed by atoms with Crippen LogP contribution in [-0.4, -0.2) is 41.0 Å². The fourth-order valence-electron chi connectivity index (χ4n) is 2.70. The second kappa shape index (κ2) is 7.92. The molecule has 1 fully saturated rings. The maximum absolute atomic E-state index is 12.2. The molecule has 0 radical (unpaired) electrons. The van der Waals surface area contributed by atoms with Crippen LogP contribution in [0.15, 0.2) is 24.5 Å². The molecule has 5 heteroatoms. The van der Waals surface area contributed by atoms with E-state index in [1.807, 2.05) is 26.0 Å². The van der Waals surface area contributed by atoms with Gasteiger partial charge in [-0.1, -0.05) is 13.8 Å². The van der Waals surface area contributed by atoms with Gasteiger partial charge in [-0.15, -0.1) is 0 Å². The first-order valence-corrected chi connectivity index (χ1v) is 7.95. The average Bonchev–Trinajstić information content (AvgIpc) is 3.01. The van der Waals surface area contributed by atoms with Crippen LogP contribution in [0.25, 0.3) is 0 Å². The number of amides is 1. The molecule has 2 heterocycles. The van der Waals surface area contributed by atoms with E-state index < -0.39 is 6.04 Å². The number of rotatable bonds is 6. The molecule has 1 unspecified atom stereocenters. The van der Waals surface area contributed by atoms with Crippen molar-refractivity contribution in [2.24, 2.45) is 5.92 Å². The van der Waals surface area contributed by atoms with Crippen LogP contribution < -0.4 is 0 Å². The molecule has 1 aromatic rings. The lowest BCUT2D eigenvalue weighted by Crippen LogP contribution is -2.43. The molecule has 2 rings (SSSR count). The number of likely N-dealkylation sites (tertiary alicyclic amines) is 1. The zero-order valence-corrected chi connectivity index (χ0v) is 13.3. The average molecular weight is 304 g/mol. The Morgan fingerprint density at radius 1 is 1.36 bits per heavy atom. The van der Waals surface area contributed by atoms with Gasteiger partial charge in [-0.3, -0.25) is 9.78 Å². The molecule has 0 spiro atoms. The van der Waals surface area contributed by atoms with Gasteiger partial charge < -0.3 is 9.64 Å². The summed E-state index contributed by atoms with van der Waals surface area (Å²) in [5, 5.41) is 0. The Balaban J connectivity index is 1.76. The Hall–Kier alpha value is -1.91. The van der Waals surface area contributed by atoms with E-state index in [1.54, 1.807) is 17.3 Å². The third kappa shape index (κ3) is 4.29. The molecule has 0 N–H and O–H groups in total. The van der Waals surface area contributed by atoms with Gasteiger partial charge in [-0.05, 0) is 43.4 Å². The van der Waals surface area contributed by atoms with Crippen molar-refractivity contribution in [3.05, 3.63) is 30.1 Å². The van der Waals surface area contributed by atoms with Crippen LogP contribution in [0.4, 0.5) is 0 Å². The quantitative estimate of drug-likeness (QED) is 0.597. The largest absolute Gasteiger partial charge is 0.464 e. The van der Waals surface area contributed by atoms with Gasteiger partial charge in [0.2, 0.25) is 5.91 Å². The van der Waals surface area contributed by atoms with E-state index >= 15 is 0 Å². The molecule has 0 bridgehead atoms. The second-order valence-corrected chi connectivity index (χ2v) is 5.97. The lowest BCUT2D eigenvalue weighted by Gasteiger charge is -2.24. The molecule has 0 saturated carbocycles. The normalized spacial score (nSPS) is 17.8. The number of aryl methyl sites for hydroxylation is 1. The van der Waals surface area contributed by atoms with Crippen LogP contribution in [0.1, 0.15) is 38.7 Å². The highest BCUT2D eigenvalue weighted by atomic mass is 16.5. The molecular formula is C17H24N2O3. The van der Waals surface area contributed by atoms with Crippen molar-refractivity contribution < 1.29 is 14.3 Å². The summed E-state index contributed by atoms with van der Waals surface area (Å²) in [4.78, 5) is 29.9. The first-order valence-electron chi connectivity index (χ1n) is 7.95. The summed E-state index contributed by atoms with van der Waals surface area (Å²) in [7, 11) is 0. The lowest BCUT2D eigenvalue weighted by atomic mass is 10.1. The fourth-order valence-corrected chi connectivity index (χ4v) is 2.70. The standard InChI is InChI=1S/C17H24N2O3/c1-13(2)16(20)19-11-3-6-15(19)17(21)22-12-4-5-14-7-9-18-10-8-14/h7-10,13,15H,3-6,11-12H2,1-2H3. The number of carbonyl (C=O) groups is 2. The van der Waals surface area contributed by atoms with Crippen LogP contribution in [0.5, 0.6) is 0 Å². The lowest BCUT2D eigenvalue weighted by molar-refractivity contribution is -0.154. The predicted molar refractivity (Wildman–Crippen MR) is 83.1 cm³/mol. The highest BCUT2D eigenvalue weighted by molar-refractivity contribution is 5.86. The number of aromatic nitrogens is 1. The summed E-state index contributed by atoms with van der Waals surface area (Å²) in [5.74, 6) is -0.308. The molecule has 22 heavy (non-hydrogen) atoms. The minimum absolute atomic E-state index is 0.0382. The van der Waals surface area contributed by atoms with E-state index in [1.165, 1.54) is 5.56 Å². The second-order valence-electron chi connectivity index (χ2n) is 5.97. The Labute approximate surface area is 131 Å². The van der Waals surface area contributed by atoms with E-state index in [9.17, 15) is 9.59 Å². The van der Waals surface area contributed by atoms with Gasteiger partial charge in [0.05, 0.1) is 6.61 Å². The Kier molecular flexibility index (Phi) is 5.92. The van der Waals surface area contributed by atoms with Crippen molar-refractivity contribution in [1.82, 2.24) is 9.88 Å². The van der Waals surface area contributed by atoms with Crippen LogP contribution in [0, 0.1) is 5.92 Å². The van der Waals surface area contributed by atoms with Crippen LogP contribution in [0.3, 0.4) is 0 Å². The summed E-state index contributed by atoms with van der Waals surface area (Å²) < 4.78 is 5.36. The van der Waals surface area contributed by atoms with Gasteiger partial charge in [0.25, 0.3) is 0 Å². The summed E-state index contributed by atoms with van der Waals surface area (Å²) in [6.07, 6.45) is 6.73. The predicted octanol–water partition coefficient (Wildman–Crippen LogP) is 2.20. The van der Waals surface area contributed by atoms with Gasteiger partial charge in [-0.2, -0.15) is 0 Å². The third-order valence-electron chi connectivity index (χ3n) is 3.91. The van der Waals surface area contributed by atoms with Crippen LogP contribution in [-0.2, 0) is 20.7 Å². The summed E-state index contributed by atoms with van der Waals surface area (Å²) in [5.41, 5.74) is 1.18. The molecule has 0 aliphatic carbocycles. The molecule has 120 valence electrons. The Morgan fingerprint density at radius 3 is 2.77 bits per heavy atom. The van der Waals surface area contributed by atoms with Gasteiger partial charge >= 0.3 is 5.97 Å². The monoisotopic (exact) mass is 304 g/mol. The van der Waals surface area contributed by atoms with Crippen molar-refractivity contribution >= 4 is 11.9 Å². The van der Waals surface area contributed by atoms with Crippen molar-refractivity contribution in [3.8, 4) is 0 Å². The van der Waals surface area contributed by atoms with E-state index in [0.29, 0.717) is 19.6 Å². The van der Waals surface area contributed by atoms with Gasteiger partial charge in [-0.25, -0.2) is 4.79 Å². The molecule has 1 amide bonds. The molecule has 1 aliphatic rings. The number of carbonyl (C=O) groups excluding carboxylic acids is 2. The van der Waals surface area contributed by atoms with Crippen LogP contribution >= 0.6 is 0 Å². The SMILES string of the molecule is CC(C)C(=O)N1CCCC1C(=O)OCCCc1ccncc1. The van der Waals surface area contributed by atoms with Gasteiger partial charge in [0.1, 0.15) is 6.04 Å². The third-order valence-corrected chi connectivity index (χ3v) is 3.91. The van der Waals surface area contributed by atoms with E-state index in [2.05, 4.69) is 4.98 Å². The van der Waals surface area contributed by atoms with Crippen molar-refractivity contribution in [2.45, 2.75) is 45.6 Å². The molecule has 1 saturated heterocycles. The molecule has 1 atom stereocenters. The number of pyridine rings is 1. The Morgan fingerprint density at radius 2 is 2.09 bits per heavy atom. The highest BCUT2D eigenvalue weighted by Gasteiger charge is 2.35. The smallest absolute Gasteiger partial charge is 0.328 e. The maximum atomic E-state index is 12.2. The summed E-state index contributed by atoms with van der Waals surface area (Å²) >= 11 is 0. The van der Waals surface area contributed by atoms with Crippen molar-refractivity contribution in [2.75, 3.05) is 13.2 Å². The zero-order chi connectivity index (χ0) is 15.9. The number of ether oxygens (including phenoxy) is 1. The van der Waals surface area contributed by atoms with E-state index in [0.717, 1.165) is 19.3 Å². The zero-order valence-electron chi connectivity index (χ0n) is 13.3. The number of esters is 1. The fraction of sp³-hybridized carbons (Fsp3) is 0.588. The topological polar surface area (TPSA) is 59.5 Å². The van der Waals surface area contributed by atoms with Gasteiger partial charge in [0, 0.05) is 24.9 Å². The highest BCUT2D eigenvalue weighted by Crippen LogP contribution is 2.21. The summed E-state index contributed by atoms with van der Waals surface area (Å²) in [6, 6.07) is 3.53. The maximum Gasteiger partial charge on any atom is 0.328 e. The van der Waals surface area contributed by atoms with E-state index in [-0.39, 0.29) is 17.8 Å². The molecule has 5 nitrogen and oxygen atoms in total. The number of hydrogen-bond acceptors (Lipinski definition) is 4. The van der Waals surface area contributed by atoms with E-state index in [4.69, 9.17) is 4.74 Å². The minimum atomic E-state index is -0.393. The minimum Gasteiger partial charge on any atom is -0.464 e. The molecular weight excluding hydrogens is 280 g/mol. The van der Waals surface area contributed by atoms with Crippen molar-refractivity contribution in [1.29, 1.82) is 0 Å². The first-order chi connectivity index (χ1) is 10.6.